The molecular formula is C113H120B2N4O2. The van der Waals surface area contributed by atoms with Gasteiger partial charge in [0.05, 0.1) is 28.7 Å². The number of benzene rings is 11. The van der Waals surface area contributed by atoms with Gasteiger partial charge in [-0.05, 0) is 336 Å². The number of hydrogen-bond donors (Lipinski definition) is 0. The summed E-state index contributed by atoms with van der Waals surface area (Å²) in [4.78, 5) is 10.5. The first-order valence-electron chi connectivity index (χ1n) is 45.0. The van der Waals surface area contributed by atoms with E-state index < -0.39 is 0 Å². The first-order chi connectivity index (χ1) is 57.1. The van der Waals surface area contributed by atoms with Crippen molar-refractivity contribution in [3.8, 4) is 22.3 Å². The summed E-state index contributed by atoms with van der Waals surface area (Å²) in [5.74, 6) is 0. The molecule has 11 aromatic carbocycles. The van der Waals surface area contributed by atoms with Gasteiger partial charge >= 0.3 is 0 Å². The Morgan fingerprint density at radius 1 is 0.388 bits per heavy atom. The minimum Gasteiger partial charge on any atom is -0.468 e. The molecule has 1 atom stereocenters. The minimum atomic E-state index is -0.210. The van der Waals surface area contributed by atoms with Crippen LogP contribution in [0, 0.1) is 27.7 Å². The van der Waals surface area contributed by atoms with Crippen LogP contribution in [0.4, 0.5) is 56.9 Å². The monoisotopic (exact) mass is 1590 g/mol. The van der Waals surface area contributed by atoms with E-state index in [1.807, 2.05) is 0 Å². The molecule has 6 nitrogen and oxygen atoms in total. The molecule has 20 rings (SSSR count). The Balaban J connectivity index is 0.662. The molecule has 6 heterocycles. The van der Waals surface area contributed by atoms with Crippen molar-refractivity contribution < 1.29 is 8.83 Å². The van der Waals surface area contributed by atoms with Gasteiger partial charge < -0.3 is 28.4 Å². The highest BCUT2D eigenvalue weighted by Crippen LogP contribution is 2.57. The lowest BCUT2D eigenvalue weighted by Gasteiger charge is -2.49. The SMILES string of the molecule is CC1=CC2=C3B(c4cc(C(C)(C)C)ccc4N2c2ccc(-c4ccc(CC(C)(C)c5ccc(N6c7cc(C)cc8c7B(c7cc(C(C)(C)C)ccc7N8c7ccc(-c8ccccc8)cc7C)c7oc8cc9c(cc8c76)C(C)(C)CCC9(C)C)cc5)cc4C)cc2C)c2oc4cc5c(cc4c2N(c2ccc(C(C)(C)C)cc2)C3C1)C(C)(C)CCC5(C)C. The summed E-state index contributed by atoms with van der Waals surface area (Å²) in [5, 5.41) is 2.41. The van der Waals surface area contributed by atoms with Crippen LogP contribution in [0.2, 0.25) is 0 Å². The number of anilines is 10. The first kappa shape index (κ1) is 78.8. The highest BCUT2D eigenvalue weighted by Gasteiger charge is 2.54. The topological polar surface area (TPSA) is 39.2 Å². The smallest absolute Gasteiger partial charge is 0.297 e. The molecule has 13 aromatic rings. The number of allylic oxidation sites excluding steroid dienone is 1. The molecule has 121 heavy (non-hydrogen) atoms. The van der Waals surface area contributed by atoms with Crippen LogP contribution in [0.25, 0.3) is 44.2 Å². The molecule has 2 aromatic heterocycles. The van der Waals surface area contributed by atoms with E-state index in [0.29, 0.717) is 0 Å². The summed E-state index contributed by atoms with van der Waals surface area (Å²) in [6.45, 7) is 56.9. The zero-order valence-electron chi connectivity index (χ0n) is 76.3. The molecule has 0 bridgehead atoms. The molecule has 610 valence electrons. The summed E-state index contributed by atoms with van der Waals surface area (Å²) in [7, 11) is 0. The Bertz CT molecular complexity index is 6590. The Hall–Kier alpha value is -10.7. The van der Waals surface area contributed by atoms with Crippen LogP contribution >= 0.6 is 0 Å². The third-order valence-corrected chi connectivity index (χ3v) is 29.8. The first-order valence-corrected chi connectivity index (χ1v) is 45.0. The average molecular weight is 1590 g/mol. The van der Waals surface area contributed by atoms with Crippen molar-refractivity contribution in [1.29, 1.82) is 0 Å². The lowest BCUT2D eigenvalue weighted by atomic mass is 9.33. The molecule has 4 aliphatic heterocycles. The van der Waals surface area contributed by atoms with E-state index >= 15 is 0 Å². The van der Waals surface area contributed by atoms with Crippen molar-refractivity contribution in [2.75, 3.05) is 19.6 Å². The zero-order valence-corrected chi connectivity index (χ0v) is 76.3. The average Bonchev–Trinajstić information content (AvgIpc) is 1.66. The summed E-state index contributed by atoms with van der Waals surface area (Å²) >= 11 is 0. The van der Waals surface area contributed by atoms with E-state index in [9.17, 15) is 0 Å². The molecule has 8 heteroatoms. The quantitative estimate of drug-likeness (QED) is 0.134. The van der Waals surface area contributed by atoms with Crippen LogP contribution in [0.15, 0.2) is 238 Å². The maximum atomic E-state index is 7.73. The van der Waals surface area contributed by atoms with E-state index in [4.69, 9.17) is 8.83 Å². The number of rotatable bonds is 9. The third kappa shape index (κ3) is 12.5. The molecule has 3 aliphatic carbocycles. The maximum absolute atomic E-state index is 7.73. The van der Waals surface area contributed by atoms with Gasteiger partial charge in [-0.3, -0.25) is 0 Å². The standard InChI is InChI=1S/C113H120B2N4O2/c1-66-52-94-100-97(55-66)119(93-47-38-78(108(12,13)14)60-89(93)115(100)104-102(116(94)79-39-33-75(34-40-79)106(6,7)8)82-61-84-86(63-98(82)120-104)111(19,20)50-48-109(84,15)16)91-45-32-74(58-70(91)5)81-43-30-71(56-68(81)3)65-113(23,24)76-35-41-80(42-36-76)117-95-53-67(2)54-96-101(95)114(105-103(117)83-62-85-87(64-99(83)121-105)112(21,22)51-49-110(85,17)18)88-59-77(107(9,10)11)37-46-92(88)118(96)90-44-31-73(57-69(90)4)72-28-26-25-27-29-72/h25-47,53-64,94H,48-52,65H2,1-24H3. The van der Waals surface area contributed by atoms with Crippen molar-refractivity contribution >= 4 is 120 Å². The van der Waals surface area contributed by atoms with Gasteiger partial charge in [-0.2, -0.15) is 0 Å². The van der Waals surface area contributed by atoms with Crippen LogP contribution in [-0.2, 0) is 49.7 Å². The van der Waals surface area contributed by atoms with Gasteiger partial charge in [0.15, 0.2) is 0 Å². The van der Waals surface area contributed by atoms with Crippen LogP contribution in [-0.4, -0.2) is 19.5 Å². The number of fused-ring (bicyclic) bond motifs is 14. The number of nitrogens with zero attached hydrogens (tertiary/aromatic N) is 4. The fourth-order valence-electron chi connectivity index (χ4n) is 22.5. The molecule has 7 aliphatic rings. The second kappa shape index (κ2) is 26.9. The van der Waals surface area contributed by atoms with Crippen molar-refractivity contribution in [1.82, 2.24) is 0 Å². The van der Waals surface area contributed by atoms with Crippen LogP contribution < -0.4 is 47.3 Å². The number of furan rings is 2. The van der Waals surface area contributed by atoms with E-state index in [-0.39, 0.29) is 62.8 Å². The van der Waals surface area contributed by atoms with Gasteiger partial charge in [0.25, 0.3) is 13.4 Å². The van der Waals surface area contributed by atoms with Gasteiger partial charge in [-0.1, -0.05) is 246 Å². The molecule has 0 radical (unpaired) electrons. The second-order valence-electron chi connectivity index (χ2n) is 43.9. The van der Waals surface area contributed by atoms with E-state index in [2.05, 4.69) is 398 Å². The van der Waals surface area contributed by atoms with Crippen molar-refractivity contribution in [3.63, 3.8) is 0 Å². The van der Waals surface area contributed by atoms with Crippen molar-refractivity contribution in [3.05, 3.63) is 301 Å². The van der Waals surface area contributed by atoms with E-state index in [1.165, 1.54) is 184 Å². The fraction of sp³-hybridized carbons (Fsp3) is 0.345. The molecule has 0 saturated heterocycles. The van der Waals surface area contributed by atoms with Gasteiger partial charge in [0, 0.05) is 62.0 Å². The van der Waals surface area contributed by atoms with E-state index in [1.54, 1.807) is 0 Å². The number of hydrogen-bond acceptors (Lipinski definition) is 6. The summed E-state index contributed by atoms with van der Waals surface area (Å²) in [6, 6.07) is 81.2. The fourth-order valence-corrected chi connectivity index (χ4v) is 22.5. The molecule has 0 saturated carbocycles. The van der Waals surface area contributed by atoms with Crippen molar-refractivity contribution in [2.45, 2.75) is 254 Å². The highest BCUT2D eigenvalue weighted by atomic mass is 16.3. The van der Waals surface area contributed by atoms with Crippen LogP contribution in [0.1, 0.15) is 243 Å². The third-order valence-electron chi connectivity index (χ3n) is 29.8. The molecule has 0 spiro atoms. The Morgan fingerprint density at radius 3 is 1.41 bits per heavy atom. The highest BCUT2D eigenvalue weighted by molar-refractivity contribution is 7.00. The molecular weight excluding hydrogens is 1470 g/mol. The van der Waals surface area contributed by atoms with Gasteiger partial charge in [0.1, 0.15) is 11.2 Å². The molecule has 0 amide bonds. The zero-order chi connectivity index (χ0) is 85.0. The Morgan fingerprint density at radius 2 is 0.860 bits per heavy atom. The summed E-state index contributed by atoms with van der Waals surface area (Å²) in [5.41, 5.74) is 45.7. The largest absolute Gasteiger partial charge is 0.468 e. The maximum Gasteiger partial charge on any atom is 0.297 e. The summed E-state index contributed by atoms with van der Waals surface area (Å²) in [6.07, 6.45) is 8.86. The van der Waals surface area contributed by atoms with Crippen molar-refractivity contribution in [2.24, 2.45) is 0 Å². The van der Waals surface area contributed by atoms with Gasteiger partial charge in [-0.15, -0.1) is 0 Å². The molecule has 1 unspecified atom stereocenters. The van der Waals surface area contributed by atoms with E-state index in [0.717, 1.165) is 72.4 Å². The molecule has 0 fully saturated rings. The van der Waals surface area contributed by atoms with Gasteiger partial charge in [-0.25, -0.2) is 0 Å². The molecule has 0 N–H and O–H groups in total. The minimum absolute atomic E-state index is 0.00460. The van der Waals surface area contributed by atoms with Gasteiger partial charge in [0.2, 0.25) is 0 Å². The lowest BCUT2D eigenvalue weighted by Crippen LogP contribution is -2.61. The summed E-state index contributed by atoms with van der Waals surface area (Å²) < 4.78 is 15.4. The lowest BCUT2D eigenvalue weighted by molar-refractivity contribution is 0.332. The Labute approximate surface area is 721 Å². The number of aryl methyl sites for hydroxylation is 4. The normalized spacial score (nSPS) is 17.9. The second-order valence-corrected chi connectivity index (χ2v) is 43.9. The Kier molecular flexibility index (Phi) is 17.5. The predicted molar refractivity (Wildman–Crippen MR) is 517 cm³/mol. The van der Waals surface area contributed by atoms with Crippen LogP contribution in [0.5, 0.6) is 0 Å². The van der Waals surface area contributed by atoms with Crippen LogP contribution in [0.3, 0.4) is 0 Å². The predicted octanol–water partition coefficient (Wildman–Crippen LogP) is 27.4.